The van der Waals surface area contributed by atoms with Gasteiger partial charge in [-0.15, -0.1) is 0 Å². The van der Waals surface area contributed by atoms with Gasteiger partial charge in [0, 0.05) is 18.8 Å². The fourth-order valence-electron chi connectivity index (χ4n) is 3.51. The van der Waals surface area contributed by atoms with Crippen molar-refractivity contribution in [2.45, 2.75) is 19.0 Å². The Balaban J connectivity index is 1.79. The summed E-state index contributed by atoms with van der Waals surface area (Å²) < 4.78 is 11.1. The van der Waals surface area contributed by atoms with Crippen molar-refractivity contribution < 1.29 is 13.9 Å². The van der Waals surface area contributed by atoms with Crippen LogP contribution in [0.3, 0.4) is 0 Å². The number of carbonyl (C=O) groups excluding carboxylic acids is 1. The van der Waals surface area contributed by atoms with Gasteiger partial charge in [-0.25, -0.2) is 0 Å². The molecule has 148 valence electrons. The summed E-state index contributed by atoms with van der Waals surface area (Å²) >= 11 is 5.67. The van der Waals surface area contributed by atoms with Crippen LogP contribution in [0.15, 0.2) is 65.4 Å². The molecule has 0 bridgehead atoms. The van der Waals surface area contributed by atoms with Crippen LogP contribution in [-0.4, -0.2) is 23.1 Å². The summed E-state index contributed by atoms with van der Waals surface area (Å²) in [6.45, 7) is 1.46. The average molecular weight is 408 g/mol. The third-order valence-corrected chi connectivity index (χ3v) is 5.02. The molecule has 1 aliphatic heterocycles. The van der Waals surface area contributed by atoms with E-state index in [0.29, 0.717) is 16.5 Å². The van der Waals surface area contributed by atoms with Crippen molar-refractivity contribution in [3.63, 3.8) is 0 Å². The fraction of sp³-hybridized carbons (Fsp3) is 0.190. The van der Waals surface area contributed by atoms with Crippen molar-refractivity contribution in [3.05, 3.63) is 72.4 Å². The molecule has 7 nitrogen and oxygen atoms in total. The van der Waals surface area contributed by atoms with Gasteiger partial charge in [0.05, 0.1) is 30.8 Å². The van der Waals surface area contributed by atoms with E-state index in [1.165, 1.54) is 6.92 Å². The van der Waals surface area contributed by atoms with E-state index in [9.17, 15) is 4.79 Å². The van der Waals surface area contributed by atoms with Crippen LogP contribution < -0.4 is 20.3 Å². The van der Waals surface area contributed by atoms with E-state index >= 15 is 0 Å². The first-order valence-corrected chi connectivity index (χ1v) is 9.49. The predicted octanol–water partition coefficient (Wildman–Crippen LogP) is 3.82. The summed E-state index contributed by atoms with van der Waals surface area (Å²) in [5, 5.41) is 6.71. The Morgan fingerprint density at radius 2 is 2.14 bits per heavy atom. The molecule has 3 heterocycles. The van der Waals surface area contributed by atoms with Gasteiger partial charge in [-0.05, 0) is 54.7 Å². The molecule has 2 N–H and O–H groups in total. The molecule has 1 aromatic carbocycles. The lowest BCUT2D eigenvalue weighted by molar-refractivity contribution is -0.114. The number of nitrogens with one attached hydrogen (secondary N) is 2. The standard InChI is InChI=1S/C21H20N4O3S/c1-13(26)23-16-12-14(8-9-17(16)27-2)25-20(18-7-5-11-28-18)19(24-21(25)29)15-6-3-4-10-22-15/h3-12,19-20H,1-2H3,(H,23,26)(H,24,29)/t19-,20-/m0/s1. The number of aromatic nitrogens is 1. The summed E-state index contributed by atoms with van der Waals surface area (Å²) in [5.74, 6) is 1.14. The lowest BCUT2D eigenvalue weighted by atomic mass is 10.0. The molecule has 0 unspecified atom stereocenters. The van der Waals surface area contributed by atoms with Crippen LogP contribution >= 0.6 is 12.2 Å². The van der Waals surface area contributed by atoms with E-state index < -0.39 is 0 Å². The highest BCUT2D eigenvalue weighted by Crippen LogP contribution is 2.43. The van der Waals surface area contributed by atoms with Gasteiger partial charge in [-0.1, -0.05) is 6.07 Å². The van der Waals surface area contributed by atoms with Gasteiger partial charge in [-0.3, -0.25) is 9.78 Å². The number of furan rings is 1. The molecule has 2 aromatic heterocycles. The first-order valence-electron chi connectivity index (χ1n) is 9.08. The first-order chi connectivity index (χ1) is 14.1. The van der Waals surface area contributed by atoms with Gasteiger partial charge < -0.3 is 24.7 Å². The normalized spacial score (nSPS) is 18.4. The molecule has 4 rings (SSSR count). The van der Waals surface area contributed by atoms with Crippen molar-refractivity contribution in [3.8, 4) is 5.75 Å². The van der Waals surface area contributed by atoms with Gasteiger partial charge in [0.1, 0.15) is 17.6 Å². The van der Waals surface area contributed by atoms with Crippen molar-refractivity contribution in [1.82, 2.24) is 10.3 Å². The van der Waals surface area contributed by atoms with E-state index in [2.05, 4.69) is 15.6 Å². The zero-order chi connectivity index (χ0) is 20.4. The molecule has 0 saturated carbocycles. The summed E-state index contributed by atoms with van der Waals surface area (Å²) in [4.78, 5) is 18.1. The number of benzene rings is 1. The Labute approximate surface area is 173 Å². The SMILES string of the molecule is COc1ccc(N2C(=S)N[C@@H](c3ccccn3)[C@@H]2c2ccco2)cc1NC(C)=O. The highest BCUT2D eigenvalue weighted by Gasteiger charge is 2.42. The number of amides is 1. The Morgan fingerprint density at radius 3 is 2.79 bits per heavy atom. The molecule has 2 atom stereocenters. The second-order valence-corrected chi connectivity index (χ2v) is 6.96. The zero-order valence-corrected chi connectivity index (χ0v) is 16.8. The highest BCUT2D eigenvalue weighted by molar-refractivity contribution is 7.80. The summed E-state index contributed by atoms with van der Waals surface area (Å²) in [5.41, 5.74) is 2.22. The Kier molecular flexibility index (Phi) is 5.18. The third kappa shape index (κ3) is 3.66. The maximum atomic E-state index is 11.6. The summed E-state index contributed by atoms with van der Waals surface area (Å²) in [6.07, 6.45) is 3.39. The second kappa shape index (κ2) is 7.92. The zero-order valence-electron chi connectivity index (χ0n) is 16.0. The number of anilines is 2. The van der Waals surface area contributed by atoms with E-state index in [-0.39, 0.29) is 18.0 Å². The van der Waals surface area contributed by atoms with Crippen LogP contribution in [0.4, 0.5) is 11.4 Å². The molecular formula is C21H20N4O3S. The van der Waals surface area contributed by atoms with Gasteiger partial charge >= 0.3 is 0 Å². The number of carbonyl (C=O) groups is 1. The minimum atomic E-state index is -0.244. The predicted molar refractivity (Wildman–Crippen MR) is 114 cm³/mol. The fourth-order valence-corrected chi connectivity index (χ4v) is 3.86. The smallest absolute Gasteiger partial charge is 0.221 e. The van der Waals surface area contributed by atoms with E-state index in [1.807, 2.05) is 47.4 Å². The Hall–Kier alpha value is -3.39. The minimum absolute atomic E-state index is 0.184. The topological polar surface area (TPSA) is 79.6 Å². The van der Waals surface area contributed by atoms with Crippen molar-refractivity contribution in [2.75, 3.05) is 17.3 Å². The van der Waals surface area contributed by atoms with Gasteiger partial charge in [-0.2, -0.15) is 0 Å². The molecule has 1 aliphatic rings. The number of nitrogens with zero attached hydrogens (tertiary/aromatic N) is 2. The van der Waals surface area contributed by atoms with E-state index in [4.69, 9.17) is 21.4 Å². The number of hydrogen-bond acceptors (Lipinski definition) is 5. The summed E-state index contributed by atoms with van der Waals surface area (Å²) in [7, 11) is 1.56. The quantitative estimate of drug-likeness (QED) is 0.621. The third-order valence-electron chi connectivity index (χ3n) is 4.70. The molecule has 1 fully saturated rings. The van der Waals surface area contributed by atoms with Crippen LogP contribution in [0.5, 0.6) is 5.75 Å². The van der Waals surface area contributed by atoms with Crippen LogP contribution in [0.25, 0.3) is 0 Å². The van der Waals surface area contributed by atoms with Crippen molar-refractivity contribution in [2.24, 2.45) is 0 Å². The number of pyridine rings is 1. The molecular weight excluding hydrogens is 388 g/mol. The van der Waals surface area contributed by atoms with Gasteiger partial charge in [0.2, 0.25) is 5.91 Å². The molecule has 0 aliphatic carbocycles. The Morgan fingerprint density at radius 1 is 1.28 bits per heavy atom. The minimum Gasteiger partial charge on any atom is -0.495 e. The molecule has 8 heteroatoms. The van der Waals surface area contributed by atoms with Crippen molar-refractivity contribution >= 4 is 34.6 Å². The van der Waals surface area contributed by atoms with Crippen LogP contribution in [-0.2, 0) is 4.79 Å². The highest BCUT2D eigenvalue weighted by atomic mass is 32.1. The number of methoxy groups -OCH3 is 1. The molecule has 0 spiro atoms. The van der Waals surface area contributed by atoms with Crippen LogP contribution in [0.2, 0.25) is 0 Å². The monoisotopic (exact) mass is 408 g/mol. The van der Waals surface area contributed by atoms with E-state index in [0.717, 1.165) is 17.1 Å². The molecule has 1 saturated heterocycles. The number of thiocarbonyl (C=S) groups is 1. The number of ether oxygens (including phenoxy) is 1. The molecule has 0 radical (unpaired) electrons. The van der Waals surface area contributed by atoms with Crippen molar-refractivity contribution in [1.29, 1.82) is 0 Å². The maximum absolute atomic E-state index is 11.6. The lowest BCUT2D eigenvalue weighted by Gasteiger charge is -2.26. The summed E-state index contributed by atoms with van der Waals surface area (Å²) in [6, 6.07) is 14.6. The van der Waals surface area contributed by atoms with Gasteiger partial charge in [0.25, 0.3) is 0 Å². The molecule has 29 heavy (non-hydrogen) atoms. The van der Waals surface area contributed by atoms with Crippen LogP contribution in [0, 0.1) is 0 Å². The molecule has 3 aromatic rings. The number of rotatable bonds is 5. The second-order valence-electron chi connectivity index (χ2n) is 6.58. The van der Waals surface area contributed by atoms with Gasteiger partial charge in [0.15, 0.2) is 5.11 Å². The number of hydrogen-bond donors (Lipinski definition) is 2. The van der Waals surface area contributed by atoms with Crippen LogP contribution in [0.1, 0.15) is 30.5 Å². The lowest BCUT2D eigenvalue weighted by Crippen LogP contribution is -2.29. The Bertz CT molecular complexity index is 1020. The first kappa shape index (κ1) is 18.9. The maximum Gasteiger partial charge on any atom is 0.221 e. The average Bonchev–Trinajstić information content (AvgIpc) is 3.35. The molecule has 1 amide bonds. The largest absolute Gasteiger partial charge is 0.495 e. The van der Waals surface area contributed by atoms with E-state index in [1.54, 1.807) is 25.6 Å².